The van der Waals surface area contributed by atoms with E-state index in [0.29, 0.717) is 15.9 Å². The maximum absolute atomic E-state index is 11.7. The van der Waals surface area contributed by atoms with E-state index in [4.69, 9.17) is 33.7 Å². The lowest BCUT2D eigenvalue weighted by molar-refractivity contribution is -0.178. The van der Waals surface area contributed by atoms with Gasteiger partial charge in [0.05, 0.1) is 17.8 Å². The summed E-state index contributed by atoms with van der Waals surface area (Å²) < 4.78 is 6.97. The van der Waals surface area contributed by atoms with Crippen LogP contribution in [0.5, 0.6) is 0 Å². The Balaban J connectivity index is 1.65. The minimum Gasteiger partial charge on any atom is -0.394 e. The number of thiazole rings is 1. The second-order valence-electron chi connectivity index (χ2n) is 6.74. The number of ether oxygens (including phenoxy) is 1. The molecule has 11 nitrogen and oxygen atoms in total. The third-order valence-electron chi connectivity index (χ3n) is 4.66. The van der Waals surface area contributed by atoms with Gasteiger partial charge in [0.2, 0.25) is 0 Å². The molecule has 0 radical (unpaired) electrons. The Kier molecular flexibility index (Phi) is 6.97. The van der Waals surface area contributed by atoms with Crippen LogP contribution in [0.4, 0.5) is 0 Å². The molecule has 170 valence electrons. The van der Waals surface area contributed by atoms with Crippen LogP contribution < -0.4 is 5.73 Å². The molecule has 0 spiro atoms. The summed E-state index contributed by atoms with van der Waals surface area (Å²) in [5.74, 6) is -0.784. The van der Waals surface area contributed by atoms with Crippen LogP contribution >= 0.6 is 46.3 Å². The summed E-state index contributed by atoms with van der Waals surface area (Å²) in [6.07, 6.45) is -0.911. The van der Waals surface area contributed by atoms with E-state index in [1.54, 1.807) is 5.38 Å². The van der Waals surface area contributed by atoms with Gasteiger partial charge in [-0.3, -0.25) is 4.79 Å². The van der Waals surface area contributed by atoms with Crippen molar-refractivity contribution in [3.8, 4) is 10.7 Å². The van der Waals surface area contributed by atoms with Gasteiger partial charge in [0.25, 0.3) is 5.91 Å². The van der Waals surface area contributed by atoms with Gasteiger partial charge < -0.3 is 25.8 Å². The lowest BCUT2D eigenvalue weighted by Gasteiger charge is -2.41. The first-order valence-corrected chi connectivity index (χ1v) is 11.6. The number of pyridine rings is 1. The Hall–Kier alpha value is -1.84. The summed E-state index contributed by atoms with van der Waals surface area (Å²) in [6.45, 7) is -0.526. The molecule has 1 fully saturated rings. The number of rotatable bonds is 6. The first-order valence-electron chi connectivity index (χ1n) is 9.06. The lowest BCUT2D eigenvalue weighted by atomic mass is 9.97. The highest BCUT2D eigenvalue weighted by atomic mass is 35.5. The van der Waals surface area contributed by atoms with E-state index < -0.39 is 42.3 Å². The predicted molar refractivity (Wildman–Crippen MR) is 117 cm³/mol. The van der Waals surface area contributed by atoms with Crippen molar-refractivity contribution in [2.45, 2.75) is 34.7 Å². The number of amides is 1. The Morgan fingerprint density at radius 1 is 1.34 bits per heavy atom. The van der Waals surface area contributed by atoms with E-state index >= 15 is 0 Å². The third kappa shape index (κ3) is 4.61. The first kappa shape index (κ1) is 23.3. The molecule has 15 heteroatoms. The molecule has 1 amide bonds. The highest BCUT2D eigenvalue weighted by Gasteiger charge is 2.46. The number of aliphatic hydroxyl groups is 3. The topological polar surface area (TPSA) is 170 Å². The molecule has 0 bridgehead atoms. The summed E-state index contributed by atoms with van der Waals surface area (Å²) >= 11 is 14.1. The van der Waals surface area contributed by atoms with Crippen LogP contribution in [-0.2, 0) is 4.74 Å². The molecule has 0 saturated carbocycles. The van der Waals surface area contributed by atoms with Crippen molar-refractivity contribution in [3.05, 3.63) is 39.7 Å². The molecule has 5 N–H and O–H groups in total. The average Bonchev–Trinajstić information content (AvgIpc) is 3.39. The van der Waals surface area contributed by atoms with Crippen LogP contribution in [0.25, 0.3) is 10.7 Å². The summed E-state index contributed by atoms with van der Waals surface area (Å²) in [6, 6.07) is 0.433. The van der Waals surface area contributed by atoms with E-state index in [1.165, 1.54) is 34.5 Å². The second kappa shape index (κ2) is 9.57. The Labute approximate surface area is 199 Å². The first-order chi connectivity index (χ1) is 15.3. The van der Waals surface area contributed by atoms with Gasteiger partial charge in [0.1, 0.15) is 51.3 Å². The highest BCUT2D eigenvalue weighted by Crippen LogP contribution is 2.39. The Morgan fingerprint density at radius 3 is 2.78 bits per heavy atom. The summed E-state index contributed by atoms with van der Waals surface area (Å²) in [4.78, 5) is 20.1. The molecular weight excluding hydrogens is 503 g/mol. The number of thioether (sulfide) groups is 1. The minimum absolute atomic E-state index is 0.0536. The number of aliphatic hydroxyl groups excluding tert-OH is 3. The van der Waals surface area contributed by atoms with Crippen molar-refractivity contribution in [1.29, 1.82) is 0 Å². The zero-order valence-electron chi connectivity index (χ0n) is 15.9. The minimum atomic E-state index is -1.33. The van der Waals surface area contributed by atoms with Gasteiger partial charge in [0.15, 0.2) is 0 Å². The van der Waals surface area contributed by atoms with E-state index in [-0.39, 0.29) is 15.6 Å². The largest absolute Gasteiger partial charge is 0.394 e. The fraction of sp³-hybridized carbons (Fsp3) is 0.353. The van der Waals surface area contributed by atoms with E-state index in [1.807, 2.05) is 0 Å². The Bertz CT molecular complexity index is 1130. The zero-order valence-corrected chi connectivity index (χ0v) is 19.1. The number of nitrogens with zero attached hydrogens (tertiary/aromatic N) is 5. The fourth-order valence-corrected chi connectivity index (χ4v) is 5.52. The summed E-state index contributed by atoms with van der Waals surface area (Å²) in [5.41, 5.74) is 4.70. The van der Waals surface area contributed by atoms with Crippen LogP contribution in [0.2, 0.25) is 10.2 Å². The molecular formula is C17H16Cl2N6O5S2. The molecule has 5 atom stereocenters. The average molecular weight is 519 g/mol. The predicted octanol–water partition coefficient (Wildman–Crippen LogP) is 0.975. The van der Waals surface area contributed by atoms with Crippen molar-refractivity contribution in [2.24, 2.45) is 5.73 Å². The maximum atomic E-state index is 11.7. The van der Waals surface area contributed by atoms with Crippen molar-refractivity contribution < 1.29 is 24.9 Å². The summed E-state index contributed by atoms with van der Waals surface area (Å²) in [5, 5.41) is 42.2. The fourth-order valence-electron chi connectivity index (χ4n) is 3.19. The van der Waals surface area contributed by atoms with Crippen molar-refractivity contribution >= 4 is 52.2 Å². The lowest BCUT2D eigenvalue weighted by Crippen LogP contribution is -2.55. The zero-order chi connectivity index (χ0) is 23.0. The van der Waals surface area contributed by atoms with E-state index in [0.717, 1.165) is 11.8 Å². The van der Waals surface area contributed by atoms with Gasteiger partial charge in [-0.1, -0.05) is 40.2 Å². The Morgan fingerprint density at radius 2 is 2.12 bits per heavy atom. The van der Waals surface area contributed by atoms with Gasteiger partial charge in [0, 0.05) is 16.5 Å². The van der Waals surface area contributed by atoms with Gasteiger partial charge >= 0.3 is 0 Å². The van der Waals surface area contributed by atoms with Crippen molar-refractivity contribution in [3.63, 3.8) is 0 Å². The van der Waals surface area contributed by atoms with Gasteiger partial charge in [-0.15, -0.1) is 16.4 Å². The van der Waals surface area contributed by atoms with E-state index in [9.17, 15) is 20.1 Å². The number of nitrogens with two attached hydrogens (primary N) is 1. The maximum Gasteiger partial charge on any atom is 0.268 e. The smallest absolute Gasteiger partial charge is 0.268 e. The van der Waals surface area contributed by atoms with Crippen molar-refractivity contribution in [1.82, 2.24) is 25.0 Å². The number of hydrogen-bond acceptors (Lipinski definition) is 11. The number of hydrogen-bond donors (Lipinski definition) is 4. The van der Waals surface area contributed by atoms with Gasteiger partial charge in [-0.2, -0.15) is 0 Å². The quantitative estimate of drug-likeness (QED) is 0.368. The monoisotopic (exact) mass is 518 g/mol. The van der Waals surface area contributed by atoms with Crippen LogP contribution in [0, 0.1) is 0 Å². The number of carbonyl (C=O) groups excluding carboxylic acids is 1. The molecule has 32 heavy (non-hydrogen) atoms. The van der Waals surface area contributed by atoms with Crippen LogP contribution in [-0.4, -0.2) is 76.5 Å². The molecule has 0 aromatic carbocycles. The number of primary amides is 1. The molecule has 0 unspecified atom stereocenters. The normalized spacial score (nSPS) is 25.7. The number of carbonyl (C=O) groups is 1. The molecule has 3 aromatic rings. The molecule has 3 aromatic heterocycles. The van der Waals surface area contributed by atoms with E-state index in [2.05, 4.69) is 20.3 Å². The molecule has 0 aliphatic carbocycles. The van der Waals surface area contributed by atoms with Gasteiger partial charge in [-0.05, 0) is 6.07 Å². The second-order valence-corrected chi connectivity index (χ2v) is 9.56. The highest BCUT2D eigenvalue weighted by molar-refractivity contribution is 8.00. The molecule has 1 aliphatic heterocycles. The number of halogens is 2. The third-order valence-corrected chi connectivity index (χ3v) is 7.24. The number of aromatic nitrogens is 5. The molecule has 4 rings (SSSR count). The van der Waals surface area contributed by atoms with Gasteiger partial charge in [-0.25, -0.2) is 14.6 Å². The summed E-state index contributed by atoms with van der Waals surface area (Å²) in [7, 11) is 0. The van der Waals surface area contributed by atoms with Crippen LogP contribution in [0.3, 0.4) is 0 Å². The van der Waals surface area contributed by atoms with Crippen molar-refractivity contribution in [2.75, 3.05) is 6.61 Å². The van der Waals surface area contributed by atoms with Crippen LogP contribution in [0.15, 0.2) is 28.7 Å². The molecule has 1 aliphatic rings. The van der Waals surface area contributed by atoms with Crippen LogP contribution in [0.1, 0.15) is 16.5 Å². The molecule has 1 saturated heterocycles. The molecule has 4 heterocycles. The standard InChI is InChI=1S/C17H16Cl2N6O5S2/c18-6-1-9(11(15(20)29)21-2-6)32-17-14(28)12(13(27)8(4-26)30-17)25-3-7(23-24-25)16-22-10(19)5-31-16/h1-3,5,8,12-14,17,26-28H,4H2,(H2,20,29)/t8-,12+,13+,14-,17-/m1/s1. The SMILES string of the molecule is NC(=O)c1ncc(Cl)cc1S[C@H]1O[C@H](CO)[C@H](O)[C@H](n2cc(-c3nc(Cl)cs3)nn2)[C@H]1O.